The summed E-state index contributed by atoms with van der Waals surface area (Å²) in [6, 6.07) is 15.8. The lowest BCUT2D eigenvalue weighted by molar-refractivity contribution is 0.0593. The number of nitrogens with zero attached hydrogens (tertiary/aromatic N) is 2. The molecule has 0 radical (unpaired) electrons. The van der Waals surface area contributed by atoms with Gasteiger partial charge in [0.2, 0.25) is 0 Å². The third kappa shape index (κ3) is 3.50. The molecular formula is C23H18N4O5. The number of fused-ring (bicyclic) bond motifs is 1. The number of anilines is 2. The molecule has 3 N–H and O–H groups in total. The summed E-state index contributed by atoms with van der Waals surface area (Å²) >= 11 is 0. The van der Waals surface area contributed by atoms with Crippen molar-refractivity contribution >= 4 is 34.2 Å². The van der Waals surface area contributed by atoms with Gasteiger partial charge in [0, 0.05) is 23.3 Å². The Morgan fingerprint density at radius 2 is 1.94 bits per heavy atom. The monoisotopic (exact) mass is 430 g/mol. The van der Waals surface area contributed by atoms with Gasteiger partial charge in [-0.15, -0.1) is 0 Å². The average Bonchev–Trinajstić information content (AvgIpc) is 3.39. The van der Waals surface area contributed by atoms with Crippen molar-refractivity contribution in [2.75, 3.05) is 25.3 Å². The van der Waals surface area contributed by atoms with E-state index >= 15 is 0 Å². The van der Waals surface area contributed by atoms with Gasteiger partial charge in [-0.1, -0.05) is 18.2 Å². The summed E-state index contributed by atoms with van der Waals surface area (Å²) in [7, 11) is 2.67. The summed E-state index contributed by atoms with van der Waals surface area (Å²) in [6.45, 7) is 0. The molecule has 0 spiro atoms. The van der Waals surface area contributed by atoms with Gasteiger partial charge in [-0.3, -0.25) is 4.79 Å². The number of nitriles is 1. The number of nitrogens with one attached hydrogen (secondary N) is 1. The van der Waals surface area contributed by atoms with E-state index < -0.39 is 11.9 Å². The maximum absolute atomic E-state index is 12.7. The van der Waals surface area contributed by atoms with E-state index in [9.17, 15) is 14.9 Å². The first-order valence-corrected chi connectivity index (χ1v) is 9.44. The minimum Gasteiger partial charge on any atom is -0.494 e. The van der Waals surface area contributed by atoms with Crippen molar-refractivity contribution in [3.8, 4) is 17.5 Å². The van der Waals surface area contributed by atoms with Crippen LogP contribution in [0.4, 0.5) is 11.4 Å². The molecule has 4 rings (SSSR count). The van der Waals surface area contributed by atoms with Crippen LogP contribution in [0.15, 0.2) is 59.1 Å². The summed E-state index contributed by atoms with van der Waals surface area (Å²) in [5, 5.41) is 12.9. The molecule has 0 aliphatic carbocycles. The number of rotatable bonds is 5. The first-order chi connectivity index (χ1) is 15.5. The smallest absolute Gasteiger partial charge is 0.357 e. The molecule has 0 saturated carbocycles. The number of carbonyl (C=O) groups excluding carboxylic acids is 2. The molecule has 0 bridgehead atoms. The normalized spacial score (nSPS) is 10.5. The van der Waals surface area contributed by atoms with Gasteiger partial charge in [0.25, 0.3) is 5.91 Å². The third-order valence-corrected chi connectivity index (χ3v) is 4.90. The lowest BCUT2D eigenvalue weighted by atomic mass is 10.2. The number of benzene rings is 2. The van der Waals surface area contributed by atoms with Crippen LogP contribution in [0.2, 0.25) is 0 Å². The van der Waals surface area contributed by atoms with Crippen LogP contribution in [0.5, 0.6) is 5.75 Å². The first-order valence-electron chi connectivity index (χ1n) is 9.44. The Kier molecular flexibility index (Phi) is 5.27. The molecule has 160 valence electrons. The highest BCUT2D eigenvalue weighted by Crippen LogP contribution is 2.31. The molecule has 4 aromatic rings. The van der Waals surface area contributed by atoms with Gasteiger partial charge in [0.05, 0.1) is 31.2 Å². The van der Waals surface area contributed by atoms with Crippen molar-refractivity contribution in [3.63, 3.8) is 0 Å². The van der Waals surface area contributed by atoms with E-state index in [2.05, 4.69) is 5.32 Å². The summed E-state index contributed by atoms with van der Waals surface area (Å²) in [5.74, 6) is -0.652. The largest absolute Gasteiger partial charge is 0.494 e. The molecule has 2 heterocycles. The number of carbonyl (C=O) groups is 2. The van der Waals surface area contributed by atoms with E-state index in [4.69, 9.17) is 19.6 Å². The van der Waals surface area contributed by atoms with Crippen LogP contribution in [-0.4, -0.2) is 30.7 Å². The van der Waals surface area contributed by atoms with E-state index in [0.29, 0.717) is 22.7 Å². The van der Waals surface area contributed by atoms with Gasteiger partial charge in [-0.05, 0) is 24.3 Å². The quantitative estimate of drug-likeness (QED) is 0.461. The molecule has 0 atom stereocenters. The Bertz CT molecular complexity index is 1360. The second-order valence-corrected chi connectivity index (χ2v) is 6.77. The molecule has 2 aromatic carbocycles. The van der Waals surface area contributed by atoms with Crippen LogP contribution >= 0.6 is 0 Å². The minimum atomic E-state index is -0.690. The molecule has 9 nitrogen and oxygen atoms in total. The van der Waals surface area contributed by atoms with Crippen LogP contribution in [0.25, 0.3) is 16.7 Å². The fourth-order valence-corrected chi connectivity index (χ4v) is 3.33. The molecular weight excluding hydrogens is 412 g/mol. The molecule has 0 aliphatic heterocycles. The van der Waals surface area contributed by atoms with Gasteiger partial charge < -0.3 is 29.5 Å². The number of nitrogen functional groups attached to an aromatic ring is 1. The molecule has 0 unspecified atom stereocenters. The van der Waals surface area contributed by atoms with Gasteiger partial charge in [0.15, 0.2) is 11.5 Å². The van der Waals surface area contributed by atoms with E-state index in [1.807, 2.05) is 24.3 Å². The second kappa shape index (κ2) is 8.20. The number of methoxy groups -OCH3 is 2. The predicted octanol–water partition coefficient (Wildman–Crippen LogP) is 3.72. The van der Waals surface area contributed by atoms with Gasteiger partial charge in [0.1, 0.15) is 17.4 Å². The topological polar surface area (TPSA) is 133 Å². The summed E-state index contributed by atoms with van der Waals surface area (Å²) in [4.78, 5) is 24.9. The number of para-hydroxylation sites is 1. The van der Waals surface area contributed by atoms with Gasteiger partial charge in [-0.2, -0.15) is 5.26 Å². The summed E-state index contributed by atoms with van der Waals surface area (Å²) < 4.78 is 17.3. The first kappa shape index (κ1) is 20.6. The highest BCUT2D eigenvalue weighted by molar-refractivity contribution is 6.05. The lowest BCUT2D eigenvalue weighted by Gasteiger charge is -2.13. The zero-order valence-corrected chi connectivity index (χ0v) is 17.2. The summed E-state index contributed by atoms with van der Waals surface area (Å²) in [6.07, 6.45) is 1.43. The molecule has 0 saturated heterocycles. The van der Waals surface area contributed by atoms with Crippen LogP contribution in [0, 0.1) is 11.3 Å². The number of esters is 1. The molecule has 2 aromatic heterocycles. The van der Waals surface area contributed by atoms with Crippen LogP contribution < -0.4 is 15.8 Å². The molecule has 9 heteroatoms. The van der Waals surface area contributed by atoms with Crippen molar-refractivity contribution < 1.29 is 23.5 Å². The van der Waals surface area contributed by atoms with E-state index in [1.54, 1.807) is 30.3 Å². The number of ether oxygens (including phenoxy) is 2. The number of furan rings is 1. The SMILES string of the molecule is COC(=O)c1c(N)c(C#N)cn1-c1ccc(NC(=O)c2cc3ccccc3o2)c(OC)c1. The standard InChI is InChI=1S/C23H18N4O5/c1-30-18-10-15(27-12-14(11-24)20(25)21(27)23(29)31-2)7-8-16(18)26-22(28)19-9-13-5-3-4-6-17(13)32-19/h3-10,12H,25H2,1-2H3,(H,26,28). The number of amides is 1. The average molecular weight is 430 g/mol. The third-order valence-electron chi connectivity index (χ3n) is 4.90. The molecule has 0 aliphatic rings. The highest BCUT2D eigenvalue weighted by atomic mass is 16.5. The Balaban J connectivity index is 1.69. The predicted molar refractivity (Wildman–Crippen MR) is 117 cm³/mol. The number of hydrogen-bond donors (Lipinski definition) is 2. The van der Waals surface area contributed by atoms with Gasteiger partial charge in [-0.25, -0.2) is 4.79 Å². The molecule has 1 amide bonds. The maximum Gasteiger partial charge on any atom is 0.357 e. The van der Waals surface area contributed by atoms with E-state index in [-0.39, 0.29) is 22.7 Å². The number of aromatic nitrogens is 1. The van der Waals surface area contributed by atoms with Gasteiger partial charge >= 0.3 is 5.97 Å². The van der Waals surface area contributed by atoms with E-state index in [0.717, 1.165) is 5.39 Å². The Labute approximate surface area is 182 Å². The number of nitrogens with two attached hydrogens (primary N) is 1. The molecule has 32 heavy (non-hydrogen) atoms. The zero-order valence-electron chi connectivity index (χ0n) is 17.2. The maximum atomic E-state index is 12.7. The van der Waals surface area contributed by atoms with Crippen molar-refractivity contribution in [1.82, 2.24) is 4.57 Å². The fraction of sp³-hybridized carbons (Fsp3) is 0.0870. The van der Waals surface area contributed by atoms with Crippen molar-refractivity contribution in [3.05, 3.63) is 71.7 Å². The Morgan fingerprint density at radius 3 is 2.62 bits per heavy atom. The van der Waals surface area contributed by atoms with Crippen LogP contribution in [0.3, 0.4) is 0 Å². The van der Waals surface area contributed by atoms with Crippen LogP contribution in [0.1, 0.15) is 26.6 Å². The van der Waals surface area contributed by atoms with Crippen molar-refractivity contribution in [2.45, 2.75) is 0 Å². The van der Waals surface area contributed by atoms with E-state index in [1.165, 1.54) is 25.0 Å². The zero-order chi connectivity index (χ0) is 22.8. The highest BCUT2D eigenvalue weighted by Gasteiger charge is 2.22. The molecule has 0 fully saturated rings. The van der Waals surface area contributed by atoms with Crippen molar-refractivity contribution in [1.29, 1.82) is 5.26 Å². The van der Waals surface area contributed by atoms with Crippen molar-refractivity contribution in [2.24, 2.45) is 0 Å². The lowest BCUT2D eigenvalue weighted by Crippen LogP contribution is -2.13. The Morgan fingerprint density at radius 1 is 1.16 bits per heavy atom. The Hall–Kier alpha value is -4.71. The van der Waals surface area contributed by atoms with Crippen LogP contribution in [-0.2, 0) is 4.74 Å². The fourth-order valence-electron chi connectivity index (χ4n) is 3.33. The minimum absolute atomic E-state index is 0.0144. The second-order valence-electron chi connectivity index (χ2n) is 6.77. The summed E-state index contributed by atoms with van der Waals surface area (Å²) in [5.41, 5.74) is 7.59. The number of hydrogen-bond acceptors (Lipinski definition) is 7.